The highest BCUT2D eigenvalue weighted by Crippen LogP contribution is 2.37. The molecule has 8 heteroatoms. The fourth-order valence-corrected chi connectivity index (χ4v) is 3.67. The van der Waals surface area contributed by atoms with Gasteiger partial charge >= 0.3 is 0 Å². The van der Waals surface area contributed by atoms with Crippen molar-refractivity contribution in [2.24, 2.45) is 7.05 Å². The summed E-state index contributed by atoms with van der Waals surface area (Å²) in [6, 6.07) is 3.20. The molecule has 2 heterocycles. The van der Waals surface area contributed by atoms with Crippen LogP contribution in [0.1, 0.15) is 16.1 Å². The van der Waals surface area contributed by atoms with E-state index < -0.39 is 0 Å². The third-order valence-corrected chi connectivity index (χ3v) is 4.67. The Bertz CT molecular complexity index is 750. The van der Waals surface area contributed by atoms with E-state index in [1.165, 1.54) is 0 Å². The van der Waals surface area contributed by atoms with Crippen molar-refractivity contribution in [3.63, 3.8) is 0 Å². The highest BCUT2D eigenvalue weighted by molar-refractivity contribution is 9.11. The molecule has 0 aliphatic carbocycles. The van der Waals surface area contributed by atoms with E-state index in [-0.39, 0.29) is 11.7 Å². The average Bonchev–Trinajstić information content (AvgIpc) is 2.78. The second kappa shape index (κ2) is 5.58. The molecule has 0 atom stereocenters. The summed E-state index contributed by atoms with van der Waals surface area (Å²) in [5.74, 6) is 1.18. The number of aromatic hydroxyl groups is 1. The average molecular weight is 431 g/mol. The Morgan fingerprint density at radius 1 is 1.36 bits per heavy atom. The fourth-order valence-electron chi connectivity index (χ4n) is 2.48. The first-order chi connectivity index (χ1) is 10.4. The van der Waals surface area contributed by atoms with Crippen molar-refractivity contribution in [3.8, 4) is 11.5 Å². The van der Waals surface area contributed by atoms with Crippen LogP contribution in [0, 0.1) is 6.92 Å². The minimum absolute atomic E-state index is 0.0654. The van der Waals surface area contributed by atoms with Gasteiger partial charge in [-0.3, -0.25) is 9.69 Å². The molecular weight excluding hydrogens is 418 g/mol. The van der Waals surface area contributed by atoms with Crippen molar-refractivity contribution in [1.29, 1.82) is 0 Å². The standard InChI is InChI=1S/C14H13Br2N3O3/c1-7-12-13(18(2)17-7)19(3-4-22-12)14(21)8-5-9(15)11(20)10(16)6-8/h5-6,20H,3-4H2,1-2H3. The number of carbonyl (C=O) groups excluding carboxylic acids is 1. The summed E-state index contributed by atoms with van der Waals surface area (Å²) in [7, 11) is 1.78. The summed E-state index contributed by atoms with van der Waals surface area (Å²) in [5, 5.41) is 14.1. The highest BCUT2D eigenvalue weighted by Gasteiger charge is 2.30. The minimum atomic E-state index is -0.172. The van der Waals surface area contributed by atoms with Crippen molar-refractivity contribution in [2.75, 3.05) is 18.1 Å². The number of aromatic nitrogens is 2. The van der Waals surface area contributed by atoms with Crippen LogP contribution in [0.3, 0.4) is 0 Å². The molecule has 3 rings (SSSR count). The van der Waals surface area contributed by atoms with Crippen molar-refractivity contribution >= 4 is 43.6 Å². The summed E-state index contributed by atoms with van der Waals surface area (Å²) in [4.78, 5) is 14.5. The van der Waals surface area contributed by atoms with Crippen LogP contribution in [-0.4, -0.2) is 33.9 Å². The zero-order chi connectivity index (χ0) is 16.0. The van der Waals surface area contributed by atoms with E-state index in [2.05, 4.69) is 37.0 Å². The van der Waals surface area contributed by atoms with Gasteiger partial charge in [-0.1, -0.05) is 0 Å². The quantitative estimate of drug-likeness (QED) is 0.755. The number of aryl methyl sites for hydroxylation is 2. The molecule has 1 amide bonds. The molecule has 1 N–H and O–H groups in total. The molecule has 1 aromatic carbocycles. The van der Waals surface area contributed by atoms with Crippen molar-refractivity contribution in [2.45, 2.75) is 6.92 Å². The van der Waals surface area contributed by atoms with Crippen molar-refractivity contribution in [3.05, 3.63) is 32.3 Å². The molecule has 1 aromatic heterocycles. The molecule has 0 saturated heterocycles. The first-order valence-corrected chi connectivity index (χ1v) is 8.15. The predicted molar refractivity (Wildman–Crippen MR) is 88.6 cm³/mol. The molecule has 0 unspecified atom stereocenters. The molecule has 6 nitrogen and oxygen atoms in total. The zero-order valence-electron chi connectivity index (χ0n) is 11.9. The number of nitrogens with zero attached hydrogens (tertiary/aromatic N) is 3. The lowest BCUT2D eigenvalue weighted by atomic mass is 10.2. The lowest BCUT2D eigenvalue weighted by molar-refractivity contribution is 0.0974. The second-order valence-corrected chi connectivity index (χ2v) is 6.66. The van der Waals surface area contributed by atoms with E-state index in [1.54, 1.807) is 28.8 Å². The summed E-state index contributed by atoms with van der Waals surface area (Å²) in [5.41, 5.74) is 1.21. The monoisotopic (exact) mass is 429 g/mol. The molecule has 2 aromatic rings. The van der Waals surface area contributed by atoms with Crippen LogP contribution < -0.4 is 9.64 Å². The van der Waals surface area contributed by atoms with Gasteiger partial charge in [0.05, 0.1) is 15.5 Å². The van der Waals surface area contributed by atoms with Crippen LogP contribution >= 0.6 is 31.9 Å². The maximum atomic E-state index is 12.8. The molecule has 1 aliphatic heterocycles. The van der Waals surface area contributed by atoms with Crippen molar-refractivity contribution in [1.82, 2.24) is 9.78 Å². The van der Waals surface area contributed by atoms with E-state index in [9.17, 15) is 9.90 Å². The number of amides is 1. The lowest BCUT2D eigenvalue weighted by Gasteiger charge is -2.28. The van der Waals surface area contributed by atoms with Gasteiger partial charge in [-0.2, -0.15) is 5.10 Å². The van der Waals surface area contributed by atoms with Crippen LogP contribution in [0.25, 0.3) is 0 Å². The molecule has 0 fully saturated rings. The molecule has 0 saturated carbocycles. The number of anilines is 1. The number of carbonyl (C=O) groups is 1. The SMILES string of the molecule is Cc1nn(C)c2c1OCCN2C(=O)c1cc(Br)c(O)c(Br)c1. The molecule has 116 valence electrons. The van der Waals surface area contributed by atoms with E-state index in [1.807, 2.05) is 6.92 Å². The van der Waals surface area contributed by atoms with Gasteiger partial charge < -0.3 is 9.84 Å². The number of ether oxygens (including phenoxy) is 1. The smallest absolute Gasteiger partial charge is 0.259 e. The van der Waals surface area contributed by atoms with Gasteiger partial charge in [-0.15, -0.1) is 0 Å². The summed E-state index contributed by atoms with van der Waals surface area (Å²) < 4.78 is 8.18. The zero-order valence-corrected chi connectivity index (χ0v) is 15.1. The van der Waals surface area contributed by atoms with Gasteiger partial charge in [0.2, 0.25) is 0 Å². The first-order valence-electron chi connectivity index (χ1n) is 6.56. The molecule has 0 bridgehead atoms. The number of phenols is 1. The highest BCUT2D eigenvalue weighted by atomic mass is 79.9. The van der Waals surface area contributed by atoms with E-state index in [0.717, 1.165) is 5.69 Å². The Balaban J connectivity index is 2.05. The van der Waals surface area contributed by atoms with Gasteiger partial charge in [0, 0.05) is 12.6 Å². The Hall–Kier alpha value is -1.54. The van der Waals surface area contributed by atoms with Crippen LogP contribution in [0.5, 0.6) is 11.5 Å². The van der Waals surface area contributed by atoms with Crippen molar-refractivity contribution < 1.29 is 14.6 Å². The summed E-state index contributed by atoms with van der Waals surface area (Å²) in [6.45, 7) is 2.72. The second-order valence-electron chi connectivity index (χ2n) is 4.96. The molecule has 1 aliphatic rings. The number of hydrogen-bond acceptors (Lipinski definition) is 4. The molecule has 22 heavy (non-hydrogen) atoms. The lowest BCUT2D eigenvalue weighted by Crippen LogP contribution is -2.39. The molecule has 0 spiro atoms. The third kappa shape index (κ3) is 2.40. The maximum absolute atomic E-state index is 12.8. The number of phenolic OH excluding ortho intramolecular Hbond substituents is 1. The summed E-state index contributed by atoms with van der Waals surface area (Å²) >= 11 is 6.49. The molecule has 0 radical (unpaired) electrons. The predicted octanol–water partition coefficient (Wildman–Crippen LogP) is 3.00. The van der Waals surface area contributed by atoms with E-state index >= 15 is 0 Å². The van der Waals surface area contributed by atoms with Gasteiger partial charge in [0.25, 0.3) is 5.91 Å². The van der Waals surface area contributed by atoms with Gasteiger partial charge in [0.15, 0.2) is 11.6 Å². The number of hydrogen-bond donors (Lipinski definition) is 1. The Kier molecular flexibility index (Phi) is 3.90. The number of benzene rings is 1. The Morgan fingerprint density at radius 2 is 2.00 bits per heavy atom. The maximum Gasteiger partial charge on any atom is 0.259 e. The van der Waals surface area contributed by atoms with Gasteiger partial charge in [-0.05, 0) is 50.9 Å². The summed E-state index contributed by atoms with van der Waals surface area (Å²) in [6.07, 6.45) is 0. The van der Waals surface area contributed by atoms with Gasteiger partial charge in [0.1, 0.15) is 18.1 Å². The van der Waals surface area contributed by atoms with Gasteiger partial charge in [-0.25, -0.2) is 4.68 Å². The van der Waals surface area contributed by atoms with Crippen LogP contribution in [0.4, 0.5) is 5.82 Å². The minimum Gasteiger partial charge on any atom is -0.506 e. The Morgan fingerprint density at radius 3 is 2.64 bits per heavy atom. The molecular formula is C14H13Br2N3O3. The van der Waals surface area contributed by atoms with Crippen LogP contribution in [-0.2, 0) is 7.05 Å². The number of halogens is 2. The van der Waals surface area contributed by atoms with E-state index in [0.29, 0.717) is 39.2 Å². The van der Waals surface area contributed by atoms with E-state index in [4.69, 9.17) is 4.74 Å². The first kappa shape index (κ1) is 15.4. The third-order valence-electron chi connectivity index (χ3n) is 3.46. The number of rotatable bonds is 1. The normalized spacial score (nSPS) is 13.7. The Labute approximate surface area is 143 Å². The van der Waals surface area contributed by atoms with Crippen LogP contribution in [0.2, 0.25) is 0 Å². The topological polar surface area (TPSA) is 67.6 Å². The largest absolute Gasteiger partial charge is 0.506 e. The number of fused-ring (bicyclic) bond motifs is 1. The van der Waals surface area contributed by atoms with Crippen LogP contribution in [0.15, 0.2) is 21.1 Å². The fraction of sp³-hybridized carbons (Fsp3) is 0.286.